The Morgan fingerprint density at radius 3 is 2.75 bits per heavy atom. The molecule has 1 aliphatic rings. The first-order valence-corrected chi connectivity index (χ1v) is 7.52. The van der Waals surface area contributed by atoms with Gasteiger partial charge in [0.25, 0.3) is 0 Å². The number of nitrogens with zero attached hydrogens (tertiary/aromatic N) is 2. The van der Waals surface area contributed by atoms with Gasteiger partial charge < -0.3 is 4.74 Å². The van der Waals surface area contributed by atoms with E-state index in [1.807, 2.05) is 6.07 Å². The minimum atomic E-state index is -3.96. The fourth-order valence-corrected chi connectivity index (χ4v) is 3.87. The number of hydrogen-bond donors (Lipinski definition) is 0. The van der Waals surface area contributed by atoms with Crippen LogP contribution in [0, 0.1) is 24.1 Å². The number of aryl methyl sites for hydroxylation is 1. The lowest BCUT2D eigenvalue weighted by atomic mass is 10.0. The summed E-state index contributed by atoms with van der Waals surface area (Å²) in [6.07, 6.45) is 0.299. The third kappa shape index (κ3) is 2.30. The maximum Gasteiger partial charge on any atom is 0.244 e. The van der Waals surface area contributed by atoms with Crippen LogP contribution in [0.25, 0.3) is 0 Å². The molecule has 5 nitrogen and oxygen atoms in total. The van der Waals surface area contributed by atoms with E-state index in [4.69, 9.17) is 4.74 Å². The maximum atomic E-state index is 13.3. The molecule has 2 rings (SSSR count). The molecule has 1 saturated heterocycles. The quantitative estimate of drug-likeness (QED) is 0.846. The van der Waals surface area contributed by atoms with Gasteiger partial charge in [-0.25, -0.2) is 12.8 Å². The molecule has 1 fully saturated rings. The van der Waals surface area contributed by atoms with Crippen molar-refractivity contribution in [2.75, 3.05) is 20.3 Å². The van der Waals surface area contributed by atoms with Crippen molar-refractivity contribution in [3.63, 3.8) is 0 Å². The van der Waals surface area contributed by atoms with Gasteiger partial charge in [-0.05, 0) is 24.6 Å². The number of sulfonamides is 1. The second-order valence-electron chi connectivity index (χ2n) is 4.83. The zero-order valence-electron chi connectivity index (χ0n) is 11.3. The summed E-state index contributed by atoms with van der Waals surface area (Å²) in [5.74, 6) is -0.628. The Labute approximate surface area is 117 Å². The van der Waals surface area contributed by atoms with Crippen molar-refractivity contribution < 1.29 is 17.5 Å². The Hall–Kier alpha value is -1.49. The third-order valence-corrected chi connectivity index (χ3v) is 5.67. The maximum absolute atomic E-state index is 13.3. The molecule has 20 heavy (non-hydrogen) atoms. The van der Waals surface area contributed by atoms with Gasteiger partial charge in [-0.2, -0.15) is 9.57 Å². The lowest BCUT2D eigenvalue weighted by molar-refractivity contribution is 0.162. The van der Waals surface area contributed by atoms with Crippen LogP contribution in [0.3, 0.4) is 0 Å². The standard InChI is InChI=1S/C13H15FN2O3S/c1-10-3-4-11(14)7-12(10)20(17,18)16(2)13(8-15)5-6-19-9-13/h3-4,7H,5-6,9H2,1-2H3/t13-/m1/s1. The molecule has 1 aromatic carbocycles. The molecule has 7 heteroatoms. The van der Waals surface area contributed by atoms with Gasteiger partial charge in [-0.15, -0.1) is 0 Å². The van der Waals surface area contributed by atoms with Crippen molar-refractivity contribution >= 4 is 10.0 Å². The highest BCUT2D eigenvalue weighted by Crippen LogP contribution is 2.31. The van der Waals surface area contributed by atoms with Gasteiger partial charge in [0.15, 0.2) is 0 Å². The van der Waals surface area contributed by atoms with E-state index in [1.54, 1.807) is 6.92 Å². The van der Waals surface area contributed by atoms with Gasteiger partial charge in [-0.3, -0.25) is 0 Å². The van der Waals surface area contributed by atoms with Crippen LogP contribution in [0.15, 0.2) is 23.1 Å². The van der Waals surface area contributed by atoms with Crippen molar-refractivity contribution in [3.05, 3.63) is 29.6 Å². The van der Waals surface area contributed by atoms with E-state index in [0.717, 1.165) is 10.4 Å². The van der Waals surface area contributed by atoms with Crippen LogP contribution >= 0.6 is 0 Å². The lowest BCUT2D eigenvalue weighted by Crippen LogP contribution is -2.49. The van der Waals surface area contributed by atoms with Crippen LogP contribution in [-0.2, 0) is 14.8 Å². The molecular formula is C13H15FN2O3S. The van der Waals surface area contributed by atoms with Gasteiger partial charge in [-0.1, -0.05) is 6.07 Å². The van der Waals surface area contributed by atoms with Crippen LogP contribution in [-0.4, -0.2) is 38.5 Å². The predicted molar refractivity (Wildman–Crippen MR) is 69.9 cm³/mol. The molecule has 0 radical (unpaired) electrons. The Bertz CT molecular complexity index is 661. The van der Waals surface area contributed by atoms with E-state index in [2.05, 4.69) is 0 Å². The predicted octanol–water partition coefficient (Wildman–Crippen LogP) is 1.44. The van der Waals surface area contributed by atoms with Crippen molar-refractivity contribution in [1.29, 1.82) is 5.26 Å². The number of nitriles is 1. The molecule has 0 saturated carbocycles. The van der Waals surface area contributed by atoms with E-state index in [-0.39, 0.29) is 11.5 Å². The molecule has 0 aliphatic carbocycles. The summed E-state index contributed by atoms with van der Waals surface area (Å²) >= 11 is 0. The third-order valence-electron chi connectivity index (χ3n) is 3.60. The highest BCUT2D eigenvalue weighted by atomic mass is 32.2. The Morgan fingerprint density at radius 1 is 1.50 bits per heavy atom. The number of ether oxygens (including phenoxy) is 1. The molecule has 0 spiro atoms. The van der Waals surface area contributed by atoms with Crippen molar-refractivity contribution in [1.82, 2.24) is 4.31 Å². The lowest BCUT2D eigenvalue weighted by Gasteiger charge is -2.30. The average Bonchev–Trinajstić information content (AvgIpc) is 2.90. The molecule has 108 valence electrons. The van der Waals surface area contributed by atoms with E-state index in [1.165, 1.54) is 19.2 Å². The molecule has 1 atom stereocenters. The molecule has 1 heterocycles. The van der Waals surface area contributed by atoms with Gasteiger partial charge in [0.1, 0.15) is 11.4 Å². The summed E-state index contributed by atoms with van der Waals surface area (Å²) in [7, 11) is -2.62. The van der Waals surface area contributed by atoms with Gasteiger partial charge in [0.05, 0.1) is 17.6 Å². The monoisotopic (exact) mass is 298 g/mol. The first kappa shape index (κ1) is 14.9. The number of halogens is 1. The van der Waals surface area contributed by atoms with E-state index in [0.29, 0.717) is 18.6 Å². The van der Waals surface area contributed by atoms with Crippen LogP contribution in [0.5, 0.6) is 0 Å². The highest BCUT2D eigenvalue weighted by Gasteiger charge is 2.45. The fourth-order valence-electron chi connectivity index (χ4n) is 2.19. The van der Waals surface area contributed by atoms with Crippen LogP contribution in [0.2, 0.25) is 0 Å². The molecule has 0 N–H and O–H groups in total. The van der Waals surface area contributed by atoms with Crippen molar-refractivity contribution in [2.24, 2.45) is 0 Å². The summed E-state index contributed by atoms with van der Waals surface area (Å²) in [6.45, 7) is 1.94. The van der Waals surface area contributed by atoms with Crippen LogP contribution in [0.1, 0.15) is 12.0 Å². The van der Waals surface area contributed by atoms with Crippen LogP contribution < -0.4 is 0 Å². The molecule has 0 unspecified atom stereocenters. The Balaban J connectivity index is 2.50. The molecule has 0 aromatic heterocycles. The molecule has 1 aromatic rings. The second-order valence-corrected chi connectivity index (χ2v) is 6.77. The molecular weight excluding hydrogens is 283 g/mol. The summed E-state index contributed by atoms with van der Waals surface area (Å²) in [5, 5.41) is 9.31. The fraction of sp³-hybridized carbons (Fsp3) is 0.462. The number of hydrogen-bond acceptors (Lipinski definition) is 4. The number of likely N-dealkylation sites (N-methyl/N-ethyl adjacent to an activating group) is 1. The van der Waals surface area contributed by atoms with Crippen molar-refractivity contribution in [3.8, 4) is 6.07 Å². The van der Waals surface area contributed by atoms with E-state index >= 15 is 0 Å². The highest BCUT2D eigenvalue weighted by molar-refractivity contribution is 7.89. The summed E-state index contributed by atoms with van der Waals surface area (Å²) in [6, 6.07) is 5.59. The van der Waals surface area contributed by atoms with E-state index in [9.17, 15) is 18.1 Å². The van der Waals surface area contributed by atoms with Gasteiger partial charge in [0, 0.05) is 20.1 Å². The first-order chi connectivity index (χ1) is 9.33. The normalized spacial score (nSPS) is 22.9. The largest absolute Gasteiger partial charge is 0.378 e. The minimum absolute atomic E-state index is 0.0214. The van der Waals surface area contributed by atoms with E-state index < -0.39 is 21.4 Å². The zero-order chi connectivity index (χ0) is 15.0. The zero-order valence-corrected chi connectivity index (χ0v) is 12.1. The van der Waals surface area contributed by atoms with Crippen molar-refractivity contribution in [2.45, 2.75) is 23.8 Å². The molecule has 1 aliphatic heterocycles. The summed E-state index contributed by atoms with van der Waals surface area (Å²) < 4.78 is 44.7. The van der Waals surface area contributed by atoms with Crippen LogP contribution in [0.4, 0.5) is 4.39 Å². The minimum Gasteiger partial charge on any atom is -0.378 e. The topological polar surface area (TPSA) is 70.4 Å². The second kappa shape index (κ2) is 5.13. The summed E-state index contributed by atoms with van der Waals surface area (Å²) in [5.41, 5.74) is -0.789. The number of rotatable bonds is 3. The Kier molecular flexibility index (Phi) is 3.82. The smallest absolute Gasteiger partial charge is 0.244 e. The molecule has 0 amide bonds. The SMILES string of the molecule is Cc1ccc(F)cc1S(=O)(=O)N(C)[C@@]1(C#N)CCOC1. The van der Waals surface area contributed by atoms with Gasteiger partial charge in [0.2, 0.25) is 10.0 Å². The molecule has 0 bridgehead atoms. The summed E-state index contributed by atoms with van der Waals surface area (Å²) in [4.78, 5) is -0.124. The average molecular weight is 298 g/mol. The Morgan fingerprint density at radius 2 is 2.20 bits per heavy atom. The van der Waals surface area contributed by atoms with Gasteiger partial charge >= 0.3 is 0 Å². The first-order valence-electron chi connectivity index (χ1n) is 6.08. The number of benzene rings is 1.